The van der Waals surface area contributed by atoms with Crippen LogP contribution in [-0.4, -0.2) is 12.0 Å². The van der Waals surface area contributed by atoms with E-state index in [1.165, 1.54) is 0 Å². The van der Waals surface area contributed by atoms with Gasteiger partial charge in [0.25, 0.3) is 0 Å². The van der Waals surface area contributed by atoms with E-state index in [-0.39, 0.29) is 12.2 Å². The standard InChI is InChI=1S/C11H15F3O/c12-11(13,14)8-4-1-2-6-10(8)7-3-5-9(10)15/h8H,1-7H2/t8-,10?/m0/s1. The molecule has 0 N–H and O–H groups in total. The van der Waals surface area contributed by atoms with Gasteiger partial charge in [0.2, 0.25) is 0 Å². The van der Waals surface area contributed by atoms with Crippen molar-refractivity contribution < 1.29 is 18.0 Å². The topological polar surface area (TPSA) is 17.1 Å². The van der Waals surface area contributed by atoms with Crippen molar-refractivity contribution in [2.45, 2.75) is 51.1 Å². The number of alkyl halides is 3. The fraction of sp³-hybridized carbons (Fsp3) is 0.909. The monoisotopic (exact) mass is 220 g/mol. The highest BCUT2D eigenvalue weighted by Crippen LogP contribution is 2.55. The lowest BCUT2D eigenvalue weighted by atomic mass is 9.64. The Labute approximate surface area is 87.0 Å². The van der Waals surface area contributed by atoms with E-state index in [1.807, 2.05) is 0 Å². The number of Topliss-reactive ketones (excluding diaryl/α,β-unsaturated/α-hetero) is 1. The van der Waals surface area contributed by atoms with Crippen molar-refractivity contribution >= 4 is 5.78 Å². The Morgan fingerprint density at radius 1 is 1.13 bits per heavy atom. The summed E-state index contributed by atoms with van der Waals surface area (Å²) in [5, 5.41) is 0. The summed E-state index contributed by atoms with van der Waals surface area (Å²) >= 11 is 0. The van der Waals surface area contributed by atoms with Crippen LogP contribution in [0.3, 0.4) is 0 Å². The van der Waals surface area contributed by atoms with Crippen LogP contribution < -0.4 is 0 Å². The van der Waals surface area contributed by atoms with E-state index in [2.05, 4.69) is 0 Å². The zero-order chi connectivity index (χ0) is 11.1. The molecule has 86 valence electrons. The van der Waals surface area contributed by atoms with Gasteiger partial charge in [0.05, 0.1) is 5.92 Å². The smallest absolute Gasteiger partial charge is 0.299 e. The SMILES string of the molecule is O=C1CCCC12CCCC[C@@H]2C(F)(F)F. The van der Waals surface area contributed by atoms with Crippen molar-refractivity contribution in [3.05, 3.63) is 0 Å². The lowest BCUT2D eigenvalue weighted by molar-refractivity contribution is -0.215. The lowest BCUT2D eigenvalue weighted by Crippen LogP contribution is -2.45. The van der Waals surface area contributed by atoms with Crippen molar-refractivity contribution in [2.75, 3.05) is 0 Å². The van der Waals surface area contributed by atoms with E-state index in [0.717, 1.165) is 6.42 Å². The Bertz CT molecular complexity index is 271. The third kappa shape index (κ3) is 1.68. The van der Waals surface area contributed by atoms with Crippen LogP contribution >= 0.6 is 0 Å². The number of carbonyl (C=O) groups is 1. The molecule has 2 aliphatic rings. The third-order valence-corrected chi connectivity index (χ3v) is 4.01. The van der Waals surface area contributed by atoms with Gasteiger partial charge < -0.3 is 0 Å². The molecule has 0 bridgehead atoms. The van der Waals surface area contributed by atoms with Crippen molar-refractivity contribution in [3.63, 3.8) is 0 Å². The average Bonchev–Trinajstić information content (AvgIpc) is 2.48. The minimum atomic E-state index is -4.19. The number of ketones is 1. The van der Waals surface area contributed by atoms with E-state index in [0.29, 0.717) is 32.1 Å². The van der Waals surface area contributed by atoms with Crippen molar-refractivity contribution in [1.29, 1.82) is 0 Å². The quantitative estimate of drug-likeness (QED) is 0.610. The molecular formula is C11H15F3O. The van der Waals surface area contributed by atoms with Gasteiger partial charge in [-0.1, -0.05) is 12.8 Å². The van der Waals surface area contributed by atoms with Crippen LogP contribution in [0.15, 0.2) is 0 Å². The minimum Gasteiger partial charge on any atom is -0.299 e. The number of hydrogen-bond donors (Lipinski definition) is 0. The normalized spacial score (nSPS) is 37.5. The first-order chi connectivity index (χ1) is 6.97. The number of carbonyl (C=O) groups excluding carboxylic acids is 1. The summed E-state index contributed by atoms with van der Waals surface area (Å²) < 4.78 is 38.6. The van der Waals surface area contributed by atoms with Gasteiger partial charge in [0, 0.05) is 11.8 Å². The Balaban J connectivity index is 2.30. The lowest BCUT2D eigenvalue weighted by Gasteiger charge is -2.40. The minimum absolute atomic E-state index is 0.135. The van der Waals surface area contributed by atoms with E-state index in [4.69, 9.17) is 0 Å². The number of rotatable bonds is 0. The molecule has 15 heavy (non-hydrogen) atoms. The molecule has 0 aromatic carbocycles. The zero-order valence-corrected chi connectivity index (χ0v) is 8.57. The molecule has 0 radical (unpaired) electrons. The molecule has 0 aromatic rings. The second-order valence-electron chi connectivity index (χ2n) is 4.77. The predicted octanol–water partition coefficient (Wildman–Crippen LogP) is 3.48. The summed E-state index contributed by atoms with van der Waals surface area (Å²) in [5.41, 5.74) is -1.03. The Morgan fingerprint density at radius 3 is 2.33 bits per heavy atom. The van der Waals surface area contributed by atoms with Crippen molar-refractivity contribution in [3.8, 4) is 0 Å². The van der Waals surface area contributed by atoms with Gasteiger partial charge in [-0.15, -0.1) is 0 Å². The van der Waals surface area contributed by atoms with Gasteiger partial charge in [-0.25, -0.2) is 0 Å². The fourth-order valence-electron chi connectivity index (χ4n) is 3.30. The summed E-state index contributed by atoms with van der Waals surface area (Å²) in [6, 6.07) is 0. The fourth-order valence-corrected chi connectivity index (χ4v) is 3.30. The summed E-state index contributed by atoms with van der Waals surface area (Å²) in [7, 11) is 0. The molecule has 0 amide bonds. The predicted molar refractivity (Wildman–Crippen MR) is 49.3 cm³/mol. The van der Waals surface area contributed by atoms with Crippen LogP contribution in [0.5, 0.6) is 0 Å². The maximum absolute atomic E-state index is 12.9. The van der Waals surface area contributed by atoms with Gasteiger partial charge in [0.15, 0.2) is 0 Å². The van der Waals surface area contributed by atoms with E-state index in [1.54, 1.807) is 0 Å². The molecule has 2 aliphatic carbocycles. The maximum Gasteiger partial charge on any atom is 0.392 e. The summed E-state index contributed by atoms with van der Waals surface area (Å²) in [6.07, 6.45) is -0.753. The highest BCUT2D eigenvalue weighted by Gasteiger charge is 2.58. The van der Waals surface area contributed by atoms with Crippen molar-refractivity contribution in [1.82, 2.24) is 0 Å². The van der Waals surface area contributed by atoms with Gasteiger partial charge >= 0.3 is 6.18 Å². The van der Waals surface area contributed by atoms with E-state index < -0.39 is 17.5 Å². The van der Waals surface area contributed by atoms with Crippen LogP contribution in [-0.2, 0) is 4.79 Å². The Hall–Kier alpha value is -0.540. The van der Waals surface area contributed by atoms with Crippen molar-refractivity contribution in [2.24, 2.45) is 11.3 Å². The first kappa shape index (κ1) is 11.0. The molecule has 0 saturated heterocycles. The molecule has 2 fully saturated rings. The van der Waals surface area contributed by atoms with Crippen LogP contribution in [0, 0.1) is 11.3 Å². The molecule has 4 heteroatoms. The second-order valence-corrected chi connectivity index (χ2v) is 4.77. The number of hydrogen-bond acceptors (Lipinski definition) is 1. The van der Waals surface area contributed by atoms with Gasteiger partial charge in [-0.05, 0) is 25.7 Å². The Kier molecular flexibility index (Phi) is 2.55. The maximum atomic E-state index is 12.9. The average molecular weight is 220 g/mol. The molecule has 0 aliphatic heterocycles. The molecule has 2 rings (SSSR count). The summed E-state index contributed by atoms with van der Waals surface area (Å²) in [6.45, 7) is 0. The molecular weight excluding hydrogens is 205 g/mol. The van der Waals surface area contributed by atoms with Crippen LogP contribution in [0.4, 0.5) is 13.2 Å². The Morgan fingerprint density at radius 2 is 1.80 bits per heavy atom. The zero-order valence-electron chi connectivity index (χ0n) is 8.57. The number of halogens is 3. The highest BCUT2D eigenvalue weighted by atomic mass is 19.4. The van der Waals surface area contributed by atoms with Crippen LogP contribution in [0.25, 0.3) is 0 Å². The molecule has 0 aromatic heterocycles. The van der Waals surface area contributed by atoms with E-state index in [9.17, 15) is 18.0 Å². The van der Waals surface area contributed by atoms with E-state index >= 15 is 0 Å². The third-order valence-electron chi connectivity index (χ3n) is 4.01. The second kappa shape index (κ2) is 3.49. The van der Waals surface area contributed by atoms with Gasteiger partial charge in [-0.2, -0.15) is 13.2 Å². The first-order valence-electron chi connectivity index (χ1n) is 5.57. The summed E-state index contributed by atoms with van der Waals surface area (Å²) in [4.78, 5) is 11.7. The molecule has 1 unspecified atom stereocenters. The van der Waals surface area contributed by atoms with Crippen LogP contribution in [0.2, 0.25) is 0 Å². The molecule has 0 heterocycles. The molecule has 1 spiro atoms. The summed E-state index contributed by atoms with van der Waals surface area (Å²) in [5.74, 6) is -1.50. The first-order valence-corrected chi connectivity index (χ1v) is 5.57. The highest BCUT2D eigenvalue weighted by molar-refractivity contribution is 5.87. The van der Waals surface area contributed by atoms with Crippen LogP contribution in [0.1, 0.15) is 44.9 Å². The molecule has 2 saturated carbocycles. The molecule has 2 atom stereocenters. The van der Waals surface area contributed by atoms with Gasteiger partial charge in [0.1, 0.15) is 5.78 Å². The van der Waals surface area contributed by atoms with Gasteiger partial charge in [-0.3, -0.25) is 4.79 Å². The molecule has 1 nitrogen and oxygen atoms in total. The largest absolute Gasteiger partial charge is 0.392 e.